The third-order valence-electron chi connectivity index (χ3n) is 5.77. The van der Waals surface area contributed by atoms with Gasteiger partial charge in [-0.05, 0) is 56.3 Å². The predicted octanol–water partition coefficient (Wildman–Crippen LogP) is 1.71. The van der Waals surface area contributed by atoms with E-state index in [-0.39, 0.29) is 17.0 Å². The third-order valence-corrected chi connectivity index (χ3v) is 7.07. The molecule has 1 aromatic rings. The van der Waals surface area contributed by atoms with Crippen molar-refractivity contribution in [2.24, 2.45) is 30.2 Å². The monoisotopic (exact) mass is 307 g/mol. The van der Waals surface area contributed by atoms with Crippen LogP contribution in [0.4, 0.5) is 0 Å². The normalized spacial score (nSPS) is 38.7. The Morgan fingerprint density at radius 1 is 1.33 bits per heavy atom. The molecule has 5 rings (SSSR count). The molecule has 0 saturated heterocycles. The van der Waals surface area contributed by atoms with Crippen molar-refractivity contribution in [2.45, 2.75) is 43.7 Å². The van der Waals surface area contributed by atoms with Crippen molar-refractivity contribution in [3.05, 3.63) is 6.33 Å². The first kappa shape index (κ1) is 13.8. The van der Waals surface area contributed by atoms with Crippen molar-refractivity contribution in [1.29, 1.82) is 0 Å². The lowest BCUT2D eigenvalue weighted by Gasteiger charge is -2.55. The fourth-order valence-corrected chi connectivity index (χ4v) is 6.45. The zero-order chi connectivity index (χ0) is 14.6. The van der Waals surface area contributed by atoms with Gasteiger partial charge in [0, 0.05) is 23.6 Å². The van der Waals surface area contributed by atoms with Gasteiger partial charge in [0.2, 0.25) is 0 Å². The predicted molar refractivity (Wildman–Crippen MR) is 77.9 cm³/mol. The molecule has 4 aliphatic rings. The van der Waals surface area contributed by atoms with Gasteiger partial charge in [0.1, 0.15) is 6.33 Å². The van der Waals surface area contributed by atoms with Crippen LogP contribution in [-0.2, 0) is 23.0 Å². The molecular weight excluding hydrogens is 286 g/mol. The highest BCUT2D eigenvalue weighted by Crippen LogP contribution is 2.60. The number of nitrogens with zero attached hydrogens (tertiary/aromatic N) is 3. The Hall–Kier alpha value is -0.880. The van der Waals surface area contributed by atoms with Gasteiger partial charge in [-0.1, -0.05) is 5.10 Å². The molecule has 4 fully saturated rings. The van der Waals surface area contributed by atoms with Gasteiger partial charge in [-0.3, -0.25) is 9.36 Å². The first-order valence-electron chi connectivity index (χ1n) is 7.81. The second-order valence-electron chi connectivity index (χ2n) is 7.34. The third kappa shape index (κ3) is 2.23. The van der Waals surface area contributed by atoms with E-state index >= 15 is 0 Å². The summed E-state index contributed by atoms with van der Waals surface area (Å²) in [6.07, 6.45) is 8.59. The quantitative estimate of drug-likeness (QED) is 0.794. The van der Waals surface area contributed by atoms with Gasteiger partial charge in [-0.2, -0.15) is 0 Å². The summed E-state index contributed by atoms with van der Waals surface area (Å²) in [5.41, 5.74) is -0.164. The number of hydrogen-bond donors (Lipinski definition) is 0. The maximum Gasteiger partial charge on any atom is 0.343 e. The molecule has 4 bridgehead atoms. The number of aromatic nitrogens is 3. The van der Waals surface area contributed by atoms with Crippen LogP contribution in [0.15, 0.2) is 11.5 Å². The van der Waals surface area contributed by atoms with Crippen molar-refractivity contribution in [1.82, 2.24) is 14.8 Å². The molecule has 4 aliphatic carbocycles. The number of aryl methyl sites for hydroxylation is 1. The van der Waals surface area contributed by atoms with E-state index in [1.807, 2.05) is 0 Å². The minimum absolute atomic E-state index is 0.110. The van der Waals surface area contributed by atoms with Crippen LogP contribution >= 0.6 is 0 Å². The van der Waals surface area contributed by atoms with Gasteiger partial charge in [-0.15, -0.1) is 5.10 Å². The highest BCUT2D eigenvalue weighted by molar-refractivity contribution is 7.92. The number of rotatable bonds is 4. The zero-order valence-electron chi connectivity index (χ0n) is 12.3. The molecule has 5 nitrogen and oxygen atoms in total. The van der Waals surface area contributed by atoms with Crippen LogP contribution in [0.2, 0.25) is 0 Å². The Morgan fingerprint density at radius 3 is 2.38 bits per heavy atom. The summed E-state index contributed by atoms with van der Waals surface area (Å²) in [5.74, 6) is 2.54. The first-order valence-corrected chi connectivity index (χ1v) is 9.13. The van der Waals surface area contributed by atoms with Crippen molar-refractivity contribution in [3.8, 4) is 0 Å². The van der Waals surface area contributed by atoms with E-state index in [1.165, 1.54) is 25.6 Å². The smallest absolute Gasteiger partial charge is 0.343 e. The molecule has 4 saturated carbocycles. The molecule has 1 aromatic heterocycles. The van der Waals surface area contributed by atoms with Gasteiger partial charge in [0.15, 0.2) is 11.5 Å². The highest BCUT2D eigenvalue weighted by atomic mass is 32.2. The van der Waals surface area contributed by atoms with Crippen LogP contribution in [0, 0.1) is 23.2 Å². The maximum absolute atomic E-state index is 12.9. The molecule has 6 heteroatoms. The van der Waals surface area contributed by atoms with Crippen LogP contribution in [-0.4, -0.2) is 30.9 Å². The van der Waals surface area contributed by atoms with E-state index in [9.17, 15) is 9.35 Å². The number of ketones is 1. The second kappa shape index (κ2) is 4.81. The molecule has 0 amide bonds. The van der Waals surface area contributed by atoms with Crippen molar-refractivity contribution >= 4 is 17.0 Å². The average molecular weight is 307 g/mol. The van der Waals surface area contributed by atoms with Gasteiger partial charge >= 0.3 is 5.16 Å². The molecule has 1 heterocycles. The maximum atomic E-state index is 12.9. The molecule has 0 radical (unpaired) electrons. The van der Waals surface area contributed by atoms with E-state index in [0.717, 1.165) is 37.0 Å². The van der Waals surface area contributed by atoms with Gasteiger partial charge in [0.25, 0.3) is 0 Å². The summed E-state index contributed by atoms with van der Waals surface area (Å²) in [7, 11) is 1.77. The van der Waals surface area contributed by atoms with Crippen molar-refractivity contribution < 1.29 is 9.35 Å². The fourth-order valence-electron chi connectivity index (χ4n) is 5.27. The number of carbonyl (C=O) groups is 1. The van der Waals surface area contributed by atoms with E-state index in [1.54, 1.807) is 11.6 Å². The number of hydrogen-bond acceptors (Lipinski definition) is 4. The summed E-state index contributed by atoms with van der Waals surface area (Å²) in [4.78, 5) is 12.9. The number of Topliss-reactive ketones (excluding diaryl/α,β-unsaturated/α-hetero) is 1. The summed E-state index contributed by atoms with van der Waals surface area (Å²) in [6, 6.07) is 0. The van der Waals surface area contributed by atoms with Crippen LogP contribution in [0.25, 0.3) is 0 Å². The lowest BCUT2D eigenvalue weighted by Crippen LogP contribution is -2.51. The van der Waals surface area contributed by atoms with Gasteiger partial charge in [0.05, 0.1) is 0 Å². The highest BCUT2D eigenvalue weighted by Gasteiger charge is 2.55. The molecular formula is C15H21N3O2S. The molecule has 0 spiro atoms. The Morgan fingerprint density at radius 2 is 1.90 bits per heavy atom. The Kier molecular flexibility index (Phi) is 3.15. The van der Waals surface area contributed by atoms with Crippen molar-refractivity contribution in [2.75, 3.05) is 5.75 Å². The largest absolute Gasteiger partial charge is 0.609 e. The van der Waals surface area contributed by atoms with Crippen LogP contribution < -0.4 is 0 Å². The Labute approximate surface area is 127 Å². The lowest BCUT2D eigenvalue weighted by molar-refractivity contribution is -0.141. The molecule has 0 N–H and O–H groups in total. The molecule has 1 atom stereocenters. The van der Waals surface area contributed by atoms with E-state index in [4.69, 9.17) is 0 Å². The van der Waals surface area contributed by atoms with E-state index in [2.05, 4.69) is 10.2 Å². The van der Waals surface area contributed by atoms with Crippen LogP contribution in [0.5, 0.6) is 0 Å². The minimum Gasteiger partial charge on any atom is -0.609 e. The van der Waals surface area contributed by atoms with Crippen molar-refractivity contribution in [3.63, 3.8) is 0 Å². The van der Waals surface area contributed by atoms with Gasteiger partial charge < -0.3 is 4.55 Å². The fraction of sp³-hybridized carbons (Fsp3) is 0.800. The van der Waals surface area contributed by atoms with Crippen LogP contribution in [0.3, 0.4) is 0 Å². The van der Waals surface area contributed by atoms with E-state index in [0.29, 0.717) is 5.16 Å². The Bertz CT molecular complexity index is 536. The Balaban J connectivity index is 1.51. The molecule has 0 aliphatic heterocycles. The standard InChI is InChI=1S/C15H21N3O2S/c1-18-9-16-17-14(18)21(20)8-13(19)15-5-10-2-11(6-15)4-12(3-10)7-15/h9-12H,2-8H2,1H3. The summed E-state index contributed by atoms with van der Waals surface area (Å²) < 4.78 is 14.0. The molecule has 21 heavy (non-hydrogen) atoms. The zero-order valence-corrected chi connectivity index (χ0v) is 13.1. The van der Waals surface area contributed by atoms with E-state index < -0.39 is 11.2 Å². The second-order valence-corrected chi connectivity index (χ2v) is 8.68. The first-order chi connectivity index (χ1) is 10.1. The minimum atomic E-state index is -1.37. The summed E-state index contributed by atoms with van der Waals surface area (Å²) >= 11 is -1.37. The lowest BCUT2D eigenvalue weighted by atomic mass is 9.48. The number of carbonyl (C=O) groups excluding carboxylic acids is 1. The molecule has 0 aromatic carbocycles. The topological polar surface area (TPSA) is 70.8 Å². The summed E-state index contributed by atoms with van der Waals surface area (Å²) in [5, 5.41) is 8.04. The van der Waals surface area contributed by atoms with Gasteiger partial charge in [-0.25, -0.2) is 0 Å². The average Bonchev–Trinajstić information content (AvgIpc) is 2.83. The summed E-state index contributed by atoms with van der Waals surface area (Å²) in [6.45, 7) is 0. The molecule has 1 unspecified atom stereocenters. The molecule has 114 valence electrons. The SMILES string of the molecule is Cn1cnnc1[S+]([O-])CC(=O)C12CC3CC(CC(C3)C1)C2. The van der Waals surface area contributed by atoms with Crippen LogP contribution in [0.1, 0.15) is 38.5 Å².